The van der Waals surface area contributed by atoms with Crippen molar-refractivity contribution in [2.75, 3.05) is 12.3 Å². The summed E-state index contributed by atoms with van der Waals surface area (Å²) in [7, 11) is -3.42. The molecule has 0 atom stereocenters. The lowest BCUT2D eigenvalue weighted by Gasteiger charge is -2.25. The third-order valence-corrected chi connectivity index (χ3v) is 5.17. The van der Waals surface area contributed by atoms with Crippen molar-refractivity contribution in [2.24, 2.45) is 5.92 Å². The Morgan fingerprint density at radius 3 is 2.72 bits per heavy atom. The van der Waals surface area contributed by atoms with Gasteiger partial charge in [0.25, 0.3) is 0 Å². The number of hydrogen-bond donors (Lipinski definition) is 2. The minimum atomic E-state index is -3.42. The number of rotatable bonds is 5. The summed E-state index contributed by atoms with van der Waals surface area (Å²) in [4.78, 5) is 0.288. The molecule has 3 N–H and O–H groups in total. The van der Waals surface area contributed by atoms with Gasteiger partial charge in [0.15, 0.2) is 0 Å². The van der Waals surface area contributed by atoms with E-state index in [1.807, 2.05) is 0 Å². The maximum atomic E-state index is 12.1. The average molecular weight is 268 g/mol. The van der Waals surface area contributed by atoms with Crippen molar-refractivity contribution in [3.8, 4) is 0 Å². The van der Waals surface area contributed by atoms with Gasteiger partial charge in [-0.1, -0.05) is 25.3 Å². The highest BCUT2D eigenvalue weighted by atomic mass is 32.2. The largest absolute Gasteiger partial charge is 0.399 e. The van der Waals surface area contributed by atoms with Gasteiger partial charge >= 0.3 is 0 Å². The molecule has 18 heavy (non-hydrogen) atoms. The Labute approximate surface area is 109 Å². The molecule has 1 saturated carbocycles. The summed E-state index contributed by atoms with van der Waals surface area (Å²) in [5.74, 6) is 0.703. The van der Waals surface area contributed by atoms with Gasteiger partial charge in [0.2, 0.25) is 10.0 Å². The van der Waals surface area contributed by atoms with Crippen molar-refractivity contribution in [3.05, 3.63) is 23.8 Å². The molecule has 5 heteroatoms. The Morgan fingerprint density at radius 2 is 2.11 bits per heavy atom. The molecule has 0 amide bonds. The van der Waals surface area contributed by atoms with Gasteiger partial charge < -0.3 is 5.73 Å². The summed E-state index contributed by atoms with van der Waals surface area (Å²) in [6.07, 6.45) is 4.68. The first kappa shape index (κ1) is 13.4. The van der Waals surface area contributed by atoms with Crippen LogP contribution in [-0.4, -0.2) is 15.0 Å². The fourth-order valence-electron chi connectivity index (χ4n) is 2.16. The fraction of sp³-hybridized carbons (Fsp3) is 0.538. The van der Waals surface area contributed by atoms with Gasteiger partial charge in [-0.15, -0.1) is 0 Å². The van der Waals surface area contributed by atoms with Crippen LogP contribution in [0.2, 0.25) is 0 Å². The van der Waals surface area contributed by atoms with E-state index < -0.39 is 10.0 Å². The highest BCUT2D eigenvalue weighted by Gasteiger charge is 2.20. The number of sulfonamides is 1. The average Bonchev–Trinajstić information content (AvgIpc) is 2.25. The van der Waals surface area contributed by atoms with Crippen LogP contribution in [0.1, 0.15) is 31.2 Å². The molecule has 1 aliphatic carbocycles. The first-order valence-corrected chi connectivity index (χ1v) is 7.83. The first-order chi connectivity index (χ1) is 8.49. The molecule has 0 bridgehead atoms. The predicted octanol–water partition coefficient (Wildman–Crippen LogP) is 2.05. The molecule has 1 aromatic carbocycles. The number of hydrogen-bond acceptors (Lipinski definition) is 3. The Balaban J connectivity index is 2.02. The monoisotopic (exact) mass is 268 g/mol. The summed E-state index contributed by atoms with van der Waals surface area (Å²) in [5, 5.41) is 0. The second-order valence-electron chi connectivity index (χ2n) is 5.01. The molecule has 0 aliphatic heterocycles. The Hall–Kier alpha value is -1.07. The topological polar surface area (TPSA) is 72.2 Å². The molecule has 1 aromatic rings. The molecular formula is C13H20N2O2S. The Bertz CT molecular complexity index is 522. The predicted molar refractivity (Wildman–Crippen MR) is 72.7 cm³/mol. The Morgan fingerprint density at radius 1 is 1.39 bits per heavy atom. The maximum Gasteiger partial charge on any atom is 0.240 e. The standard InChI is InChI=1S/C13H20N2O2S/c1-10-5-6-12(14)9-13(10)18(16,17)15-8-7-11-3-2-4-11/h5-6,9,11,15H,2-4,7-8,14H2,1H3. The van der Waals surface area contributed by atoms with Crippen LogP contribution < -0.4 is 10.5 Å². The maximum absolute atomic E-state index is 12.1. The molecule has 4 nitrogen and oxygen atoms in total. The summed E-state index contributed by atoms with van der Waals surface area (Å²) >= 11 is 0. The zero-order valence-corrected chi connectivity index (χ0v) is 11.5. The Kier molecular flexibility index (Phi) is 3.92. The molecule has 1 aliphatic rings. The molecular weight excluding hydrogens is 248 g/mol. The highest BCUT2D eigenvalue weighted by molar-refractivity contribution is 7.89. The number of nitrogens with two attached hydrogens (primary N) is 1. The van der Waals surface area contributed by atoms with Crippen LogP contribution in [-0.2, 0) is 10.0 Å². The smallest absolute Gasteiger partial charge is 0.240 e. The van der Waals surface area contributed by atoms with Crippen LogP contribution in [0.3, 0.4) is 0 Å². The van der Waals surface area contributed by atoms with Gasteiger partial charge in [-0.3, -0.25) is 0 Å². The molecule has 0 spiro atoms. The molecule has 1 fully saturated rings. The van der Waals surface area contributed by atoms with E-state index in [1.165, 1.54) is 25.3 Å². The molecule has 0 saturated heterocycles. The quantitative estimate of drug-likeness (QED) is 0.803. The minimum absolute atomic E-state index is 0.288. The van der Waals surface area contributed by atoms with Crippen LogP contribution in [0.25, 0.3) is 0 Å². The number of nitrogens with one attached hydrogen (secondary N) is 1. The van der Waals surface area contributed by atoms with Gasteiger partial charge in [0.1, 0.15) is 0 Å². The van der Waals surface area contributed by atoms with Gasteiger partial charge in [0.05, 0.1) is 4.90 Å². The van der Waals surface area contributed by atoms with E-state index >= 15 is 0 Å². The third-order valence-electron chi connectivity index (χ3n) is 3.57. The van der Waals surface area contributed by atoms with Crippen LogP contribution in [0.5, 0.6) is 0 Å². The zero-order valence-electron chi connectivity index (χ0n) is 10.6. The molecule has 0 unspecified atom stereocenters. The first-order valence-electron chi connectivity index (χ1n) is 6.35. The van der Waals surface area contributed by atoms with Gasteiger partial charge in [-0.05, 0) is 37.0 Å². The van der Waals surface area contributed by atoms with Crippen LogP contribution >= 0.6 is 0 Å². The number of anilines is 1. The van der Waals surface area contributed by atoms with Crippen molar-refractivity contribution >= 4 is 15.7 Å². The summed E-state index contributed by atoms with van der Waals surface area (Å²) in [6, 6.07) is 4.96. The molecule has 100 valence electrons. The van der Waals surface area contributed by atoms with Gasteiger partial charge in [0, 0.05) is 12.2 Å². The molecule has 0 radical (unpaired) electrons. The van der Waals surface area contributed by atoms with Crippen molar-refractivity contribution in [1.29, 1.82) is 0 Å². The lowest BCUT2D eigenvalue weighted by atomic mass is 9.83. The molecule has 2 rings (SSSR count). The second-order valence-corrected chi connectivity index (χ2v) is 6.74. The zero-order chi connectivity index (χ0) is 13.2. The van der Waals surface area contributed by atoms with Crippen molar-refractivity contribution in [1.82, 2.24) is 4.72 Å². The number of benzene rings is 1. The minimum Gasteiger partial charge on any atom is -0.399 e. The molecule has 0 heterocycles. The van der Waals surface area contributed by atoms with Crippen molar-refractivity contribution in [2.45, 2.75) is 37.5 Å². The molecule has 0 aromatic heterocycles. The van der Waals surface area contributed by atoms with E-state index in [2.05, 4.69) is 4.72 Å². The SMILES string of the molecule is Cc1ccc(N)cc1S(=O)(=O)NCCC1CCC1. The third kappa shape index (κ3) is 3.03. The second kappa shape index (κ2) is 5.28. The van der Waals surface area contributed by atoms with Gasteiger partial charge in [-0.2, -0.15) is 0 Å². The van der Waals surface area contributed by atoms with Crippen LogP contribution in [0.4, 0.5) is 5.69 Å². The number of aryl methyl sites for hydroxylation is 1. The van der Waals surface area contributed by atoms with E-state index in [1.54, 1.807) is 19.1 Å². The van der Waals surface area contributed by atoms with E-state index in [4.69, 9.17) is 5.73 Å². The number of nitrogen functional groups attached to an aromatic ring is 1. The van der Waals surface area contributed by atoms with Gasteiger partial charge in [-0.25, -0.2) is 13.1 Å². The normalized spacial score (nSPS) is 16.5. The van der Waals surface area contributed by atoms with E-state index in [0.717, 1.165) is 12.0 Å². The lowest BCUT2D eigenvalue weighted by molar-refractivity contribution is 0.297. The summed E-state index contributed by atoms with van der Waals surface area (Å²) in [5.41, 5.74) is 6.83. The van der Waals surface area contributed by atoms with Crippen molar-refractivity contribution < 1.29 is 8.42 Å². The highest BCUT2D eigenvalue weighted by Crippen LogP contribution is 2.29. The van der Waals surface area contributed by atoms with E-state index in [9.17, 15) is 8.42 Å². The lowest BCUT2D eigenvalue weighted by Crippen LogP contribution is -2.28. The van der Waals surface area contributed by atoms with E-state index in [-0.39, 0.29) is 4.90 Å². The summed E-state index contributed by atoms with van der Waals surface area (Å²) < 4.78 is 26.9. The fourth-order valence-corrected chi connectivity index (χ4v) is 3.49. The summed E-state index contributed by atoms with van der Waals surface area (Å²) in [6.45, 7) is 2.29. The van der Waals surface area contributed by atoms with Crippen molar-refractivity contribution in [3.63, 3.8) is 0 Å². The van der Waals surface area contributed by atoms with Crippen LogP contribution in [0.15, 0.2) is 23.1 Å². The van der Waals surface area contributed by atoms with Crippen LogP contribution in [0, 0.1) is 12.8 Å². The van der Waals surface area contributed by atoms with E-state index in [0.29, 0.717) is 18.2 Å².